The first kappa shape index (κ1) is 25.7. The van der Waals surface area contributed by atoms with E-state index < -0.39 is 10.9 Å². The fraction of sp³-hybridized carbons (Fsp3) is 0.0435. The van der Waals surface area contributed by atoms with Crippen LogP contribution in [0.1, 0.15) is 16.7 Å². The van der Waals surface area contributed by atoms with Gasteiger partial charge in [-0.1, -0.05) is 40.9 Å². The third-order valence-electron chi connectivity index (χ3n) is 4.70. The average molecular weight is 662 g/mol. The Kier molecular flexibility index (Phi) is 7.83. The minimum Gasteiger partial charge on any atom is -0.487 e. The molecule has 0 saturated carbocycles. The fourth-order valence-corrected chi connectivity index (χ4v) is 5.03. The van der Waals surface area contributed by atoms with Gasteiger partial charge in [0.05, 0.1) is 34.5 Å². The van der Waals surface area contributed by atoms with Gasteiger partial charge < -0.3 is 9.47 Å². The molecule has 4 rings (SSSR count). The quantitative estimate of drug-likeness (QED) is 0.116. The first-order valence-corrected chi connectivity index (χ1v) is 12.4. The Balaban J connectivity index is 1.58. The summed E-state index contributed by atoms with van der Waals surface area (Å²) in [6.07, 6.45) is 1.51. The summed E-state index contributed by atoms with van der Waals surface area (Å²) in [5.41, 5.74) is 1.40. The van der Waals surface area contributed by atoms with Gasteiger partial charge in [-0.3, -0.25) is 10.1 Å². The van der Waals surface area contributed by atoms with Gasteiger partial charge in [-0.05, 0) is 79.4 Å². The second-order valence-corrected chi connectivity index (χ2v) is 10.0. The molecule has 0 atom stereocenters. The number of hydrogen-bond donors (Lipinski definition) is 0. The number of carbonyl (C=O) groups excluding carboxylic acids is 1. The van der Waals surface area contributed by atoms with Crippen molar-refractivity contribution in [1.82, 2.24) is 0 Å². The number of ether oxygens (including phenoxy) is 2. The molecule has 12 heteroatoms. The van der Waals surface area contributed by atoms with Crippen molar-refractivity contribution in [2.24, 2.45) is 4.99 Å². The normalized spacial score (nSPS) is 14.1. The van der Waals surface area contributed by atoms with Crippen LogP contribution in [0.4, 0.5) is 5.69 Å². The van der Waals surface area contributed by atoms with E-state index in [4.69, 9.17) is 44.3 Å². The standard InChI is InChI=1S/C23H11Br2Cl3N2O5/c24-15-5-12(6-16(25)21(15)34-10-11-1-3-18(27)19(28)7-11)8-20-23(31)35-22(29-20)14-9-13(30(32)33)2-4-17(14)26/h1-9H,10H2/b20-8-. The molecular formula is C23H11Br2Cl3N2O5. The van der Waals surface area contributed by atoms with Crippen LogP contribution in [0.15, 0.2) is 68.2 Å². The Labute approximate surface area is 230 Å². The van der Waals surface area contributed by atoms with Gasteiger partial charge >= 0.3 is 5.97 Å². The van der Waals surface area contributed by atoms with Gasteiger partial charge in [0.15, 0.2) is 5.70 Å². The molecule has 1 aliphatic rings. The van der Waals surface area contributed by atoms with Crippen molar-refractivity contribution >= 4 is 90.3 Å². The number of non-ortho nitro benzene ring substituents is 1. The van der Waals surface area contributed by atoms with E-state index in [1.165, 1.54) is 24.3 Å². The summed E-state index contributed by atoms with van der Waals surface area (Å²) in [5.74, 6) is -0.288. The van der Waals surface area contributed by atoms with Crippen LogP contribution in [0.3, 0.4) is 0 Å². The van der Waals surface area contributed by atoms with Crippen molar-refractivity contribution in [1.29, 1.82) is 0 Å². The average Bonchev–Trinajstić information content (AvgIpc) is 3.15. The molecule has 0 radical (unpaired) electrons. The van der Waals surface area contributed by atoms with Crippen molar-refractivity contribution in [3.8, 4) is 5.75 Å². The molecule has 0 saturated heterocycles. The molecule has 0 aliphatic carbocycles. The van der Waals surface area contributed by atoms with E-state index in [9.17, 15) is 14.9 Å². The lowest BCUT2D eigenvalue weighted by atomic mass is 10.2. The number of cyclic esters (lactones) is 1. The molecule has 7 nitrogen and oxygen atoms in total. The molecule has 0 bridgehead atoms. The maximum absolute atomic E-state index is 12.4. The molecular weight excluding hydrogens is 650 g/mol. The predicted molar refractivity (Wildman–Crippen MR) is 141 cm³/mol. The first-order valence-electron chi connectivity index (χ1n) is 9.65. The number of nitrogens with zero attached hydrogens (tertiary/aromatic N) is 2. The molecule has 0 aromatic heterocycles. The monoisotopic (exact) mass is 658 g/mol. The van der Waals surface area contributed by atoms with Crippen LogP contribution >= 0.6 is 66.7 Å². The molecule has 0 N–H and O–H groups in total. The van der Waals surface area contributed by atoms with Gasteiger partial charge in [-0.15, -0.1) is 0 Å². The number of nitro benzene ring substituents is 1. The van der Waals surface area contributed by atoms with Crippen LogP contribution in [0, 0.1) is 10.1 Å². The van der Waals surface area contributed by atoms with Gasteiger partial charge in [0.25, 0.3) is 5.69 Å². The lowest BCUT2D eigenvalue weighted by molar-refractivity contribution is -0.384. The van der Waals surface area contributed by atoms with E-state index in [0.29, 0.717) is 30.3 Å². The van der Waals surface area contributed by atoms with Gasteiger partial charge in [0.1, 0.15) is 12.4 Å². The summed E-state index contributed by atoms with van der Waals surface area (Å²) in [4.78, 5) is 27.1. The zero-order valence-corrected chi connectivity index (χ0v) is 22.7. The Hall–Kier alpha value is -2.43. The summed E-state index contributed by atoms with van der Waals surface area (Å²) >= 11 is 25.1. The third kappa shape index (κ3) is 5.87. The van der Waals surface area contributed by atoms with Crippen LogP contribution in [-0.2, 0) is 16.1 Å². The van der Waals surface area contributed by atoms with Crippen molar-refractivity contribution in [3.63, 3.8) is 0 Å². The Morgan fingerprint density at radius 1 is 1.00 bits per heavy atom. The van der Waals surface area contributed by atoms with Crippen molar-refractivity contribution in [3.05, 3.63) is 105 Å². The minimum absolute atomic E-state index is 0.00541. The molecule has 0 amide bonds. The largest absolute Gasteiger partial charge is 0.487 e. The fourth-order valence-electron chi connectivity index (χ4n) is 3.06. The Morgan fingerprint density at radius 3 is 2.34 bits per heavy atom. The van der Waals surface area contributed by atoms with E-state index in [1.54, 1.807) is 24.3 Å². The zero-order chi connectivity index (χ0) is 25.3. The smallest absolute Gasteiger partial charge is 0.363 e. The van der Waals surface area contributed by atoms with Crippen LogP contribution in [-0.4, -0.2) is 16.8 Å². The number of esters is 1. The lowest BCUT2D eigenvalue weighted by Gasteiger charge is -2.12. The zero-order valence-electron chi connectivity index (χ0n) is 17.2. The van der Waals surface area contributed by atoms with Crippen molar-refractivity contribution in [2.75, 3.05) is 0 Å². The number of nitro groups is 1. The van der Waals surface area contributed by atoms with E-state index >= 15 is 0 Å². The topological polar surface area (TPSA) is 91.0 Å². The molecule has 178 valence electrons. The van der Waals surface area contributed by atoms with E-state index in [-0.39, 0.29) is 34.5 Å². The predicted octanol–water partition coefficient (Wildman–Crippen LogP) is 8.00. The molecule has 0 unspecified atom stereocenters. The van der Waals surface area contributed by atoms with Gasteiger partial charge in [0, 0.05) is 12.1 Å². The molecule has 0 fully saturated rings. The molecule has 3 aromatic carbocycles. The summed E-state index contributed by atoms with van der Waals surface area (Å²) < 4.78 is 12.4. The Morgan fingerprint density at radius 2 is 1.69 bits per heavy atom. The van der Waals surface area contributed by atoms with Crippen molar-refractivity contribution in [2.45, 2.75) is 6.61 Å². The Bertz CT molecular complexity index is 1420. The van der Waals surface area contributed by atoms with Gasteiger partial charge in [0.2, 0.25) is 5.90 Å². The highest BCUT2D eigenvalue weighted by Gasteiger charge is 2.27. The third-order valence-corrected chi connectivity index (χ3v) is 6.95. The van der Waals surface area contributed by atoms with Gasteiger partial charge in [-0.2, -0.15) is 0 Å². The molecule has 3 aromatic rings. The molecule has 1 aliphatic heterocycles. The molecule has 1 heterocycles. The van der Waals surface area contributed by atoms with Gasteiger partial charge in [-0.25, -0.2) is 9.79 Å². The highest BCUT2D eigenvalue weighted by atomic mass is 79.9. The summed E-state index contributed by atoms with van der Waals surface area (Å²) in [6.45, 7) is 0.248. The minimum atomic E-state index is -0.713. The number of benzene rings is 3. The van der Waals surface area contributed by atoms with E-state index in [2.05, 4.69) is 36.9 Å². The van der Waals surface area contributed by atoms with E-state index in [1.807, 2.05) is 6.07 Å². The first-order chi connectivity index (χ1) is 16.6. The van der Waals surface area contributed by atoms with Crippen molar-refractivity contribution < 1.29 is 19.2 Å². The number of hydrogen-bond acceptors (Lipinski definition) is 6. The summed E-state index contributed by atoms with van der Waals surface area (Å²) in [7, 11) is 0. The number of halogens is 5. The second-order valence-electron chi connectivity index (χ2n) is 7.11. The SMILES string of the molecule is O=C1OC(c2cc([N+](=O)[O-])ccc2Cl)=N/C1=C\c1cc(Br)c(OCc2ccc(Cl)c(Cl)c2)c(Br)c1. The van der Waals surface area contributed by atoms with Crippen LogP contribution in [0.2, 0.25) is 15.1 Å². The summed E-state index contributed by atoms with van der Waals surface area (Å²) in [6, 6.07) is 12.5. The van der Waals surface area contributed by atoms with Crippen LogP contribution in [0.25, 0.3) is 6.08 Å². The number of rotatable bonds is 6. The molecule has 0 spiro atoms. The lowest BCUT2D eigenvalue weighted by Crippen LogP contribution is -2.06. The van der Waals surface area contributed by atoms with Crippen LogP contribution in [0.5, 0.6) is 5.75 Å². The number of carbonyl (C=O) groups is 1. The van der Waals surface area contributed by atoms with E-state index in [0.717, 1.165) is 5.56 Å². The maximum atomic E-state index is 12.4. The van der Waals surface area contributed by atoms with Crippen LogP contribution < -0.4 is 4.74 Å². The number of aliphatic imine (C=N–C) groups is 1. The molecule has 35 heavy (non-hydrogen) atoms. The second kappa shape index (κ2) is 10.7. The maximum Gasteiger partial charge on any atom is 0.363 e. The highest BCUT2D eigenvalue weighted by molar-refractivity contribution is 9.11. The highest BCUT2D eigenvalue weighted by Crippen LogP contribution is 2.37. The summed E-state index contributed by atoms with van der Waals surface area (Å²) in [5, 5.41) is 12.1.